The summed E-state index contributed by atoms with van der Waals surface area (Å²) in [4.78, 5) is 12.3. The lowest BCUT2D eigenvalue weighted by Gasteiger charge is -2.11. The van der Waals surface area contributed by atoms with Crippen LogP contribution in [0.5, 0.6) is 0 Å². The number of rotatable bonds is 11. The average Bonchev–Trinajstić information content (AvgIpc) is 3.22. The Bertz CT molecular complexity index is 1000. The molecule has 8 nitrogen and oxygen atoms in total. The number of nitrogens with one attached hydrogen (secondary N) is 3. The molecule has 0 aliphatic rings. The number of tetrazole rings is 1. The number of benzene rings is 2. The number of halogens is 1. The molecular formula is C23H30FN7O. The van der Waals surface area contributed by atoms with Gasteiger partial charge in [0, 0.05) is 24.8 Å². The van der Waals surface area contributed by atoms with Gasteiger partial charge in [0.1, 0.15) is 5.82 Å². The number of urea groups is 1. The van der Waals surface area contributed by atoms with E-state index in [1.807, 2.05) is 30.3 Å². The molecule has 3 N–H and O–H groups in total. The van der Waals surface area contributed by atoms with Crippen molar-refractivity contribution in [3.63, 3.8) is 0 Å². The van der Waals surface area contributed by atoms with Crippen LogP contribution in [0.1, 0.15) is 30.9 Å². The molecule has 0 spiro atoms. The molecular weight excluding hydrogens is 409 g/mol. The van der Waals surface area contributed by atoms with Crippen molar-refractivity contribution >= 4 is 11.7 Å². The van der Waals surface area contributed by atoms with E-state index in [0.29, 0.717) is 18.1 Å². The molecule has 32 heavy (non-hydrogen) atoms. The van der Waals surface area contributed by atoms with Crippen LogP contribution in [-0.4, -0.2) is 45.9 Å². The van der Waals surface area contributed by atoms with Crippen LogP contribution in [0.4, 0.5) is 14.9 Å². The minimum Gasteiger partial charge on any atom is -0.338 e. The molecule has 3 aromatic rings. The molecule has 1 heterocycles. The summed E-state index contributed by atoms with van der Waals surface area (Å²) in [6, 6.07) is 12.2. The van der Waals surface area contributed by atoms with Crippen LogP contribution in [0.3, 0.4) is 0 Å². The zero-order valence-corrected chi connectivity index (χ0v) is 18.6. The van der Waals surface area contributed by atoms with Gasteiger partial charge >= 0.3 is 6.03 Å². The van der Waals surface area contributed by atoms with Gasteiger partial charge < -0.3 is 16.0 Å². The minimum atomic E-state index is -0.232. The van der Waals surface area contributed by atoms with Gasteiger partial charge in [0.2, 0.25) is 0 Å². The molecule has 0 saturated heterocycles. The van der Waals surface area contributed by atoms with Crippen LogP contribution in [0.15, 0.2) is 42.5 Å². The second kappa shape index (κ2) is 11.9. The number of carbonyl (C=O) groups is 1. The van der Waals surface area contributed by atoms with Gasteiger partial charge in [-0.05, 0) is 90.7 Å². The van der Waals surface area contributed by atoms with Crippen molar-refractivity contribution in [2.45, 2.75) is 32.6 Å². The van der Waals surface area contributed by atoms with E-state index in [-0.39, 0.29) is 11.8 Å². The number of unbranched alkanes of at least 4 members (excludes halogenated alkanes) is 1. The van der Waals surface area contributed by atoms with E-state index in [9.17, 15) is 9.18 Å². The predicted octanol–water partition coefficient (Wildman–Crippen LogP) is 3.31. The normalized spacial score (nSPS) is 10.8. The number of amides is 2. The van der Waals surface area contributed by atoms with Gasteiger partial charge in [0.25, 0.3) is 0 Å². The number of nitrogens with zero attached hydrogens (tertiary/aromatic N) is 4. The molecule has 0 saturated carbocycles. The molecule has 0 bridgehead atoms. The molecule has 0 aliphatic heterocycles. The highest BCUT2D eigenvalue weighted by atomic mass is 19.1. The van der Waals surface area contributed by atoms with Crippen molar-refractivity contribution in [1.82, 2.24) is 30.8 Å². The largest absolute Gasteiger partial charge is 0.338 e. The van der Waals surface area contributed by atoms with Crippen molar-refractivity contribution in [2.24, 2.45) is 7.05 Å². The Morgan fingerprint density at radius 3 is 2.53 bits per heavy atom. The fraction of sp³-hybridized carbons (Fsp3) is 0.391. The standard InChI is InChI=1S/C23H30FN7O/c1-3-17-14-19(22-28-29-30-31(22)2)16-21(15-17)27-23(32)26-12-5-4-11-25-13-10-18-6-8-20(24)9-7-18/h6-9,14-16,25H,3-5,10-13H2,1-2H3,(H2,26,27,32). The third-order valence-corrected chi connectivity index (χ3v) is 5.11. The van der Waals surface area contributed by atoms with Crippen molar-refractivity contribution in [3.8, 4) is 11.4 Å². The first-order chi connectivity index (χ1) is 15.5. The molecule has 2 aromatic carbocycles. The van der Waals surface area contributed by atoms with Crippen LogP contribution < -0.4 is 16.0 Å². The van der Waals surface area contributed by atoms with Crippen LogP contribution in [0, 0.1) is 5.82 Å². The fourth-order valence-electron chi connectivity index (χ4n) is 3.33. The van der Waals surface area contributed by atoms with Crippen LogP contribution >= 0.6 is 0 Å². The van der Waals surface area contributed by atoms with E-state index in [2.05, 4.69) is 38.4 Å². The lowest BCUT2D eigenvalue weighted by molar-refractivity contribution is 0.252. The Labute approximate surface area is 187 Å². The molecule has 1 aromatic heterocycles. The third-order valence-electron chi connectivity index (χ3n) is 5.11. The number of hydrogen-bond acceptors (Lipinski definition) is 5. The maximum absolute atomic E-state index is 12.9. The first kappa shape index (κ1) is 23.3. The van der Waals surface area contributed by atoms with Crippen LogP contribution in [0.2, 0.25) is 0 Å². The molecule has 9 heteroatoms. The Kier molecular flexibility index (Phi) is 8.68. The van der Waals surface area contributed by atoms with Gasteiger partial charge in [-0.3, -0.25) is 0 Å². The summed E-state index contributed by atoms with van der Waals surface area (Å²) in [5.74, 6) is 0.440. The summed E-state index contributed by atoms with van der Waals surface area (Å²) in [5.41, 5.74) is 3.77. The van der Waals surface area contributed by atoms with E-state index in [1.165, 1.54) is 12.1 Å². The van der Waals surface area contributed by atoms with E-state index < -0.39 is 0 Å². The summed E-state index contributed by atoms with van der Waals surface area (Å²) >= 11 is 0. The molecule has 0 aliphatic carbocycles. The van der Waals surface area contributed by atoms with Crippen molar-refractivity contribution < 1.29 is 9.18 Å². The van der Waals surface area contributed by atoms with Gasteiger partial charge in [-0.2, -0.15) is 0 Å². The third kappa shape index (κ3) is 7.12. The monoisotopic (exact) mass is 439 g/mol. The Morgan fingerprint density at radius 2 is 1.81 bits per heavy atom. The molecule has 170 valence electrons. The lowest BCUT2D eigenvalue weighted by atomic mass is 10.1. The zero-order chi connectivity index (χ0) is 22.8. The highest BCUT2D eigenvalue weighted by Gasteiger charge is 2.10. The summed E-state index contributed by atoms with van der Waals surface area (Å²) in [5, 5.41) is 20.8. The highest BCUT2D eigenvalue weighted by Crippen LogP contribution is 2.23. The average molecular weight is 440 g/mol. The smallest absolute Gasteiger partial charge is 0.319 e. The summed E-state index contributed by atoms with van der Waals surface area (Å²) in [7, 11) is 1.78. The molecule has 0 fully saturated rings. The molecule has 3 rings (SSSR count). The first-order valence-electron chi connectivity index (χ1n) is 10.9. The summed E-state index contributed by atoms with van der Waals surface area (Å²) in [6.07, 6.45) is 3.54. The quantitative estimate of drug-likeness (QED) is 0.398. The van der Waals surface area contributed by atoms with Crippen LogP contribution in [0.25, 0.3) is 11.4 Å². The number of aromatic nitrogens is 4. The SMILES string of the molecule is CCc1cc(NC(=O)NCCCCNCCc2ccc(F)cc2)cc(-c2nnnn2C)c1. The van der Waals surface area contributed by atoms with Crippen molar-refractivity contribution in [3.05, 3.63) is 59.4 Å². The van der Waals surface area contributed by atoms with Crippen molar-refractivity contribution in [2.75, 3.05) is 25.0 Å². The molecule has 0 radical (unpaired) electrons. The zero-order valence-electron chi connectivity index (χ0n) is 18.6. The van der Waals surface area contributed by atoms with E-state index in [1.54, 1.807) is 11.7 Å². The molecule has 0 atom stereocenters. The minimum absolute atomic E-state index is 0.209. The van der Waals surface area contributed by atoms with Gasteiger partial charge in [-0.15, -0.1) is 5.10 Å². The van der Waals surface area contributed by atoms with E-state index in [0.717, 1.165) is 55.5 Å². The second-order valence-corrected chi connectivity index (χ2v) is 7.61. The van der Waals surface area contributed by atoms with Gasteiger partial charge in [0.15, 0.2) is 5.82 Å². The fourth-order valence-corrected chi connectivity index (χ4v) is 3.33. The second-order valence-electron chi connectivity index (χ2n) is 7.61. The number of hydrogen-bond donors (Lipinski definition) is 3. The number of aryl methyl sites for hydroxylation is 2. The van der Waals surface area contributed by atoms with Gasteiger partial charge in [-0.1, -0.05) is 19.1 Å². The van der Waals surface area contributed by atoms with E-state index in [4.69, 9.17) is 0 Å². The maximum Gasteiger partial charge on any atom is 0.319 e. The Balaban J connectivity index is 1.35. The predicted molar refractivity (Wildman–Crippen MR) is 123 cm³/mol. The van der Waals surface area contributed by atoms with E-state index >= 15 is 0 Å². The Hall–Kier alpha value is -3.33. The number of anilines is 1. The maximum atomic E-state index is 12.9. The first-order valence-corrected chi connectivity index (χ1v) is 10.9. The van der Waals surface area contributed by atoms with Crippen LogP contribution in [-0.2, 0) is 19.9 Å². The van der Waals surface area contributed by atoms with Gasteiger partial charge in [0.05, 0.1) is 0 Å². The summed E-state index contributed by atoms with van der Waals surface area (Å²) < 4.78 is 14.5. The summed E-state index contributed by atoms with van der Waals surface area (Å²) in [6.45, 7) is 4.37. The molecule has 2 amide bonds. The number of carbonyl (C=O) groups excluding carboxylic acids is 1. The Morgan fingerprint density at radius 1 is 1.03 bits per heavy atom. The highest BCUT2D eigenvalue weighted by molar-refractivity contribution is 5.90. The van der Waals surface area contributed by atoms with Gasteiger partial charge in [-0.25, -0.2) is 13.9 Å². The lowest BCUT2D eigenvalue weighted by Crippen LogP contribution is -2.30. The van der Waals surface area contributed by atoms with Crippen molar-refractivity contribution in [1.29, 1.82) is 0 Å². The topological polar surface area (TPSA) is 96.8 Å². The molecule has 0 unspecified atom stereocenters.